The summed E-state index contributed by atoms with van der Waals surface area (Å²) in [5, 5.41) is 0. The van der Waals surface area contributed by atoms with E-state index in [2.05, 4.69) is 41.2 Å². The molecule has 4 rings (SSSR count). The lowest BCUT2D eigenvalue weighted by Gasteiger charge is -2.32. The van der Waals surface area contributed by atoms with Gasteiger partial charge in [-0.15, -0.1) is 0 Å². The Kier molecular flexibility index (Phi) is 5.33. The molecule has 1 aromatic heterocycles. The van der Waals surface area contributed by atoms with E-state index >= 15 is 0 Å². The molecule has 0 aliphatic carbocycles. The number of fused-ring (bicyclic) bond motifs is 1. The van der Waals surface area contributed by atoms with Crippen LogP contribution in [-0.4, -0.2) is 33.9 Å². The molecule has 2 aromatic carbocycles. The van der Waals surface area contributed by atoms with E-state index in [9.17, 15) is 9.18 Å². The molecule has 0 unspecified atom stereocenters. The predicted molar refractivity (Wildman–Crippen MR) is 108 cm³/mol. The number of likely N-dealkylation sites (tertiary alicyclic amines) is 1. The van der Waals surface area contributed by atoms with Crippen molar-refractivity contribution in [1.82, 2.24) is 14.9 Å². The number of aromatic nitrogens is 2. The minimum atomic E-state index is -0.454. The van der Waals surface area contributed by atoms with Crippen LogP contribution in [0.2, 0.25) is 0 Å². The van der Waals surface area contributed by atoms with Gasteiger partial charge in [0, 0.05) is 31.5 Å². The van der Waals surface area contributed by atoms with Crippen molar-refractivity contribution >= 4 is 16.9 Å². The highest BCUT2D eigenvalue weighted by molar-refractivity contribution is 6.04. The number of amides is 1. The largest absolute Gasteiger partial charge is 0.339 e. The van der Waals surface area contributed by atoms with Crippen LogP contribution >= 0.6 is 0 Å². The van der Waals surface area contributed by atoms with Crippen LogP contribution in [0.4, 0.5) is 4.39 Å². The molecule has 0 N–H and O–H groups in total. The van der Waals surface area contributed by atoms with E-state index < -0.39 is 5.82 Å². The maximum atomic E-state index is 13.9. The Morgan fingerprint density at radius 1 is 1.11 bits per heavy atom. The zero-order chi connectivity index (χ0) is 19.5. The number of nitrogens with zero attached hydrogens (tertiary/aromatic N) is 3. The summed E-state index contributed by atoms with van der Waals surface area (Å²) < 4.78 is 13.9. The molecule has 2 heterocycles. The summed E-state index contributed by atoms with van der Waals surface area (Å²) in [6, 6.07) is 11.3. The van der Waals surface area contributed by atoms with Gasteiger partial charge in [-0.25, -0.2) is 4.39 Å². The van der Waals surface area contributed by atoms with Crippen molar-refractivity contribution in [3.05, 3.63) is 71.3 Å². The van der Waals surface area contributed by atoms with Gasteiger partial charge in [0.15, 0.2) is 0 Å². The van der Waals surface area contributed by atoms with E-state index in [1.165, 1.54) is 35.7 Å². The number of benzene rings is 2. The van der Waals surface area contributed by atoms with Crippen LogP contribution in [-0.2, 0) is 6.42 Å². The maximum Gasteiger partial charge on any atom is 0.256 e. The highest BCUT2D eigenvalue weighted by Gasteiger charge is 2.25. The fourth-order valence-corrected chi connectivity index (χ4v) is 3.92. The fraction of sp³-hybridized carbons (Fsp3) is 0.348. The molecule has 0 spiro atoms. The number of carbonyl (C=O) groups is 1. The summed E-state index contributed by atoms with van der Waals surface area (Å²) in [5.41, 5.74) is 3.84. The van der Waals surface area contributed by atoms with Gasteiger partial charge in [0.05, 0.1) is 11.1 Å². The molecule has 5 heteroatoms. The van der Waals surface area contributed by atoms with Crippen molar-refractivity contribution in [2.45, 2.75) is 32.6 Å². The third-order valence-corrected chi connectivity index (χ3v) is 5.63. The van der Waals surface area contributed by atoms with Crippen molar-refractivity contribution in [3.63, 3.8) is 0 Å². The van der Waals surface area contributed by atoms with Gasteiger partial charge >= 0.3 is 0 Å². The first kappa shape index (κ1) is 18.5. The lowest BCUT2D eigenvalue weighted by atomic mass is 9.90. The van der Waals surface area contributed by atoms with Gasteiger partial charge in [-0.1, -0.05) is 29.8 Å². The Hall–Kier alpha value is -2.82. The van der Waals surface area contributed by atoms with Gasteiger partial charge in [0.2, 0.25) is 0 Å². The first-order valence-electron chi connectivity index (χ1n) is 9.85. The molecule has 28 heavy (non-hydrogen) atoms. The van der Waals surface area contributed by atoms with E-state index in [4.69, 9.17) is 0 Å². The summed E-state index contributed by atoms with van der Waals surface area (Å²) in [4.78, 5) is 23.2. The minimum absolute atomic E-state index is 0.151. The lowest BCUT2D eigenvalue weighted by molar-refractivity contribution is 0.0688. The Balaban J connectivity index is 1.38. The second kappa shape index (κ2) is 8.05. The molecule has 1 aliphatic heterocycles. The molecule has 3 aromatic rings. The summed E-state index contributed by atoms with van der Waals surface area (Å²) >= 11 is 0. The topological polar surface area (TPSA) is 46.1 Å². The summed E-state index contributed by atoms with van der Waals surface area (Å²) in [7, 11) is 0. The Morgan fingerprint density at radius 2 is 1.82 bits per heavy atom. The first-order valence-corrected chi connectivity index (χ1v) is 9.85. The standard InChI is InChI=1S/C23H24FN3O/c1-16-2-4-17(5-3-16)6-7-18-8-12-27(13-9-18)23(28)20-14-19(24)15-21-22(20)26-11-10-25-21/h2-5,10-11,14-15,18H,6-9,12-13H2,1H3. The normalized spacial score (nSPS) is 15.1. The van der Waals surface area contributed by atoms with E-state index in [-0.39, 0.29) is 5.91 Å². The summed E-state index contributed by atoms with van der Waals surface area (Å²) in [6.07, 6.45) is 7.22. The van der Waals surface area contributed by atoms with Gasteiger partial charge in [-0.2, -0.15) is 0 Å². The van der Waals surface area contributed by atoms with Crippen LogP contribution in [0.25, 0.3) is 11.0 Å². The molecule has 1 fully saturated rings. The zero-order valence-electron chi connectivity index (χ0n) is 16.1. The molecule has 0 saturated carbocycles. The van der Waals surface area contributed by atoms with Crippen LogP contribution in [0, 0.1) is 18.7 Å². The Labute approximate surface area is 164 Å². The highest BCUT2D eigenvalue weighted by Crippen LogP contribution is 2.25. The number of piperidine rings is 1. The molecule has 1 aliphatic rings. The number of rotatable bonds is 4. The second-order valence-electron chi connectivity index (χ2n) is 7.64. The second-order valence-corrected chi connectivity index (χ2v) is 7.64. The average molecular weight is 377 g/mol. The first-order chi connectivity index (χ1) is 13.6. The number of carbonyl (C=O) groups excluding carboxylic acids is 1. The number of hydrogen-bond acceptors (Lipinski definition) is 3. The third kappa shape index (κ3) is 4.03. The van der Waals surface area contributed by atoms with Crippen molar-refractivity contribution in [1.29, 1.82) is 0 Å². The van der Waals surface area contributed by atoms with Crippen LogP contribution in [0.1, 0.15) is 40.7 Å². The van der Waals surface area contributed by atoms with E-state index in [1.807, 2.05) is 4.90 Å². The molecule has 144 valence electrons. The maximum absolute atomic E-state index is 13.9. The van der Waals surface area contributed by atoms with Gasteiger partial charge in [0.1, 0.15) is 11.3 Å². The van der Waals surface area contributed by atoms with Crippen molar-refractivity contribution in [2.24, 2.45) is 5.92 Å². The third-order valence-electron chi connectivity index (χ3n) is 5.63. The van der Waals surface area contributed by atoms with Crippen molar-refractivity contribution < 1.29 is 9.18 Å². The van der Waals surface area contributed by atoms with Crippen LogP contribution in [0.15, 0.2) is 48.8 Å². The fourth-order valence-electron chi connectivity index (χ4n) is 3.92. The van der Waals surface area contributed by atoms with Gasteiger partial charge in [0.25, 0.3) is 5.91 Å². The molecule has 0 bridgehead atoms. The van der Waals surface area contributed by atoms with Gasteiger partial charge in [-0.3, -0.25) is 14.8 Å². The van der Waals surface area contributed by atoms with Gasteiger partial charge < -0.3 is 4.90 Å². The van der Waals surface area contributed by atoms with E-state index in [0.717, 1.165) is 25.7 Å². The molecule has 1 amide bonds. The van der Waals surface area contributed by atoms with Crippen molar-refractivity contribution in [3.8, 4) is 0 Å². The molecular formula is C23H24FN3O. The molecule has 0 atom stereocenters. The zero-order valence-corrected chi connectivity index (χ0v) is 16.1. The van der Waals surface area contributed by atoms with Crippen molar-refractivity contribution in [2.75, 3.05) is 13.1 Å². The van der Waals surface area contributed by atoms with Crippen LogP contribution < -0.4 is 0 Å². The number of hydrogen-bond donors (Lipinski definition) is 0. The predicted octanol–water partition coefficient (Wildman–Crippen LogP) is 4.56. The highest BCUT2D eigenvalue weighted by atomic mass is 19.1. The lowest BCUT2D eigenvalue weighted by Crippen LogP contribution is -2.38. The summed E-state index contributed by atoms with van der Waals surface area (Å²) in [6.45, 7) is 3.51. The molecule has 1 saturated heterocycles. The smallest absolute Gasteiger partial charge is 0.256 e. The Bertz CT molecular complexity index is 979. The molecule has 4 nitrogen and oxygen atoms in total. The summed E-state index contributed by atoms with van der Waals surface area (Å²) in [5.74, 6) is 0.0146. The molecular weight excluding hydrogens is 353 g/mol. The number of halogens is 1. The van der Waals surface area contributed by atoms with Gasteiger partial charge in [-0.05, 0) is 50.2 Å². The monoisotopic (exact) mass is 377 g/mol. The Morgan fingerprint density at radius 3 is 2.57 bits per heavy atom. The van der Waals surface area contributed by atoms with E-state index in [0.29, 0.717) is 35.6 Å². The SMILES string of the molecule is Cc1ccc(CCC2CCN(C(=O)c3cc(F)cc4nccnc34)CC2)cc1. The average Bonchev–Trinajstić information content (AvgIpc) is 2.72. The van der Waals surface area contributed by atoms with Crippen LogP contribution in [0.5, 0.6) is 0 Å². The minimum Gasteiger partial charge on any atom is -0.339 e. The molecule has 0 radical (unpaired) electrons. The number of aryl methyl sites for hydroxylation is 2. The van der Waals surface area contributed by atoms with Crippen LogP contribution in [0.3, 0.4) is 0 Å². The quantitative estimate of drug-likeness (QED) is 0.669. The van der Waals surface area contributed by atoms with E-state index in [1.54, 1.807) is 0 Å².